The number of benzene rings is 2. The molecule has 1 unspecified atom stereocenters. The fraction of sp³-hybridized carbons (Fsp3) is 0.400. The first-order valence-electron chi connectivity index (χ1n) is 8.93. The van der Waals surface area contributed by atoms with Gasteiger partial charge in [0.15, 0.2) is 0 Å². The zero-order valence-electron chi connectivity index (χ0n) is 15.1. The van der Waals surface area contributed by atoms with Crippen molar-refractivity contribution in [2.24, 2.45) is 0 Å². The Morgan fingerprint density at radius 1 is 1.04 bits per heavy atom. The molecule has 26 heavy (non-hydrogen) atoms. The molecular formula is C20H26N2O3S. The number of aryl methyl sites for hydroxylation is 1. The second-order valence-electron chi connectivity index (χ2n) is 6.67. The summed E-state index contributed by atoms with van der Waals surface area (Å²) >= 11 is 0. The van der Waals surface area contributed by atoms with Crippen molar-refractivity contribution in [3.8, 4) is 0 Å². The van der Waals surface area contributed by atoms with Gasteiger partial charge in [-0.1, -0.05) is 60.2 Å². The zero-order chi connectivity index (χ0) is 18.4. The molecule has 1 atom stereocenters. The number of morpholine rings is 1. The largest absolute Gasteiger partial charge is 0.379 e. The molecule has 1 fully saturated rings. The van der Waals surface area contributed by atoms with Crippen LogP contribution in [0.5, 0.6) is 0 Å². The summed E-state index contributed by atoms with van der Waals surface area (Å²) in [5, 5.41) is 0. The van der Waals surface area contributed by atoms with Crippen LogP contribution in [0.15, 0.2) is 54.6 Å². The maximum Gasteiger partial charge on any atom is 0.215 e. The van der Waals surface area contributed by atoms with E-state index in [1.807, 2.05) is 30.3 Å². The van der Waals surface area contributed by atoms with E-state index in [0.717, 1.165) is 24.2 Å². The molecule has 3 rings (SSSR count). The predicted molar refractivity (Wildman–Crippen MR) is 103 cm³/mol. The summed E-state index contributed by atoms with van der Waals surface area (Å²) in [5.41, 5.74) is 3.11. The maximum atomic E-state index is 12.5. The van der Waals surface area contributed by atoms with Gasteiger partial charge in [0.1, 0.15) is 0 Å². The molecule has 0 spiro atoms. The SMILES string of the molecule is Cc1ccc(C(CNS(=O)(=O)Cc2ccccc2)N2CCOCC2)cc1. The van der Waals surface area contributed by atoms with Gasteiger partial charge in [-0.05, 0) is 18.1 Å². The van der Waals surface area contributed by atoms with Crippen molar-refractivity contribution in [2.75, 3.05) is 32.8 Å². The van der Waals surface area contributed by atoms with Gasteiger partial charge in [0, 0.05) is 25.7 Å². The minimum atomic E-state index is -3.39. The van der Waals surface area contributed by atoms with Crippen molar-refractivity contribution in [1.29, 1.82) is 0 Å². The highest BCUT2D eigenvalue weighted by Gasteiger charge is 2.24. The van der Waals surface area contributed by atoms with Crippen LogP contribution in [-0.2, 0) is 20.5 Å². The molecule has 1 N–H and O–H groups in total. The monoisotopic (exact) mass is 374 g/mol. The summed E-state index contributed by atoms with van der Waals surface area (Å²) in [6.07, 6.45) is 0. The van der Waals surface area contributed by atoms with Crippen molar-refractivity contribution in [3.63, 3.8) is 0 Å². The number of hydrogen-bond donors (Lipinski definition) is 1. The molecule has 0 aliphatic carbocycles. The molecule has 140 valence electrons. The molecule has 0 bridgehead atoms. The summed E-state index contributed by atoms with van der Waals surface area (Å²) in [5.74, 6) is -0.00241. The molecule has 0 radical (unpaired) electrons. The summed E-state index contributed by atoms with van der Waals surface area (Å²) in [6.45, 7) is 5.38. The average molecular weight is 375 g/mol. The van der Waals surface area contributed by atoms with Gasteiger partial charge in [0.05, 0.1) is 19.0 Å². The van der Waals surface area contributed by atoms with E-state index in [0.29, 0.717) is 19.8 Å². The highest BCUT2D eigenvalue weighted by Crippen LogP contribution is 2.22. The Labute approximate surface area is 156 Å². The molecule has 0 aromatic heterocycles. The van der Waals surface area contributed by atoms with Gasteiger partial charge in [-0.2, -0.15) is 0 Å². The van der Waals surface area contributed by atoms with E-state index < -0.39 is 10.0 Å². The van der Waals surface area contributed by atoms with Crippen LogP contribution in [0.25, 0.3) is 0 Å². The van der Waals surface area contributed by atoms with E-state index in [1.54, 1.807) is 0 Å². The van der Waals surface area contributed by atoms with E-state index in [4.69, 9.17) is 4.74 Å². The van der Waals surface area contributed by atoms with Crippen molar-refractivity contribution in [2.45, 2.75) is 18.7 Å². The smallest absolute Gasteiger partial charge is 0.215 e. The molecule has 2 aromatic carbocycles. The standard InChI is InChI=1S/C20H26N2O3S/c1-17-7-9-19(10-8-17)20(22-11-13-25-14-12-22)15-21-26(23,24)16-18-5-3-2-4-6-18/h2-10,20-21H,11-16H2,1H3. The van der Waals surface area contributed by atoms with Crippen LogP contribution >= 0.6 is 0 Å². The Balaban J connectivity index is 1.71. The number of ether oxygens (including phenoxy) is 1. The first-order chi connectivity index (χ1) is 12.5. The highest BCUT2D eigenvalue weighted by molar-refractivity contribution is 7.88. The van der Waals surface area contributed by atoms with E-state index in [2.05, 4.69) is 40.8 Å². The van der Waals surface area contributed by atoms with Crippen molar-refractivity contribution in [3.05, 3.63) is 71.3 Å². The summed E-state index contributed by atoms with van der Waals surface area (Å²) in [4.78, 5) is 2.29. The molecule has 0 saturated carbocycles. The van der Waals surface area contributed by atoms with E-state index >= 15 is 0 Å². The molecular weight excluding hydrogens is 348 g/mol. The van der Waals surface area contributed by atoms with Crippen molar-refractivity contribution < 1.29 is 13.2 Å². The lowest BCUT2D eigenvalue weighted by atomic mass is 10.0. The van der Waals surface area contributed by atoms with Crippen LogP contribution in [-0.4, -0.2) is 46.2 Å². The quantitative estimate of drug-likeness (QED) is 0.809. The molecule has 1 heterocycles. The molecule has 1 aliphatic rings. The van der Waals surface area contributed by atoms with E-state index in [-0.39, 0.29) is 11.8 Å². The first-order valence-corrected chi connectivity index (χ1v) is 10.6. The lowest BCUT2D eigenvalue weighted by molar-refractivity contribution is 0.0172. The third kappa shape index (κ3) is 5.38. The molecule has 2 aromatic rings. The Hall–Kier alpha value is -1.73. The lowest BCUT2D eigenvalue weighted by Gasteiger charge is -2.35. The number of nitrogens with one attached hydrogen (secondary N) is 1. The Morgan fingerprint density at radius 3 is 2.35 bits per heavy atom. The normalized spacial score (nSPS) is 17.1. The number of sulfonamides is 1. The molecule has 5 nitrogen and oxygen atoms in total. The van der Waals surface area contributed by atoms with Gasteiger partial charge in [0.2, 0.25) is 10.0 Å². The maximum absolute atomic E-state index is 12.5. The lowest BCUT2D eigenvalue weighted by Crippen LogP contribution is -2.44. The molecule has 0 amide bonds. The van der Waals surface area contributed by atoms with Crippen LogP contribution in [0.2, 0.25) is 0 Å². The average Bonchev–Trinajstić information content (AvgIpc) is 2.64. The van der Waals surface area contributed by atoms with Crippen molar-refractivity contribution in [1.82, 2.24) is 9.62 Å². The van der Waals surface area contributed by atoms with Crippen LogP contribution < -0.4 is 4.72 Å². The van der Waals surface area contributed by atoms with Gasteiger partial charge >= 0.3 is 0 Å². The first kappa shape index (κ1) is 19.0. The molecule has 1 aliphatic heterocycles. The third-order valence-corrected chi connectivity index (χ3v) is 5.96. The third-order valence-electron chi connectivity index (χ3n) is 4.64. The van der Waals surface area contributed by atoms with Gasteiger partial charge in [0.25, 0.3) is 0 Å². The highest BCUT2D eigenvalue weighted by atomic mass is 32.2. The fourth-order valence-electron chi connectivity index (χ4n) is 3.19. The summed E-state index contributed by atoms with van der Waals surface area (Å²) in [6, 6.07) is 17.6. The second-order valence-corrected chi connectivity index (χ2v) is 8.47. The van der Waals surface area contributed by atoms with Gasteiger partial charge < -0.3 is 4.74 Å². The van der Waals surface area contributed by atoms with Gasteiger partial charge in [-0.3, -0.25) is 4.90 Å². The number of nitrogens with zero attached hydrogens (tertiary/aromatic N) is 1. The Bertz CT molecular complexity index is 786. The van der Waals surface area contributed by atoms with Crippen molar-refractivity contribution >= 4 is 10.0 Å². The van der Waals surface area contributed by atoms with Crippen LogP contribution in [0.1, 0.15) is 22.7 Å². The molecule has 6 heteroatoms. The molecule has 1 saturated heterocycles. The minimum Gasteiger partial charge on any atom is -0.379 e. The van der Waals surface area contributed by atoms with Gasteiger partial charge in [-0.25, -0.2) is 13.1 Å². The van der Waals surface area contributed by atoms with Crippen LogP contribution in [0, 0.1) is 6.92 Å². The van der Waals surface area contributed by atoms with E-state index in [9.17, 15) is 8.42 Å². The number of hydrogen-bond acceptors (Lipinski definition) is 4. The fourth-order valence-corrected chi connectivity index (χ4v) is 4.33. The Kier molecular flexibility index (Phi) is 6.43. The second kappa shape index (κ2) is 8.77. The van der Waals surface area contributed by atoms with Crippen LogP contribution in [0.4, 0.5) is 0 Å². The van der Waals surface area contributed by atoms with Gasteiger partial charge in [-0.15, -0.1) is 0 Å². The zero-order valence-corrected chi connectivity index (χ0v) is 15.9. The minimum absolute atomic E-state index is 0.00241. The Morgan fingerprint density at radius 2 is 1.69 bits per heavy atom. The summed E-state index contributed by atoms with van der Waals surface area (Å²) < 4.78 is 33.3. The number of rotatable bonds is 7. The van der Waals surface area contributed by atoms with E-state index in [1.165, 1.54) is 5.56 Å². The topological polar surface area (TPSA) is 58.6 Å². The predicted octanol–water partition coefficient (Wildman–Crippen LogP) is 2.49. The summed E-state index contributed by atoms with van der Waals surface area (Å²) in [7, 11) is -3.39. The van der Waals surface area contributed by atoms with Crippen LogP contribution in [0.3, 0.4) is 0 Å².